The Morgan fingerprint density at radius 2 is 2.11 bits per heavy atom. The second-order valence-electron chi connectivity index (χ2n) is 6.14. The maximum atomic E-state index is 12.0. The summed E-state index contributed by atoms with van der Waals surface area (Å²) in [5.41, 5.74) is 6.35. The topological polar surface area (TPSA) is 63.6 Å². The zero-order chi connectivity index (χ0) is 19.9. The average Bonchev–Trinajstić information content (AvgIpc) is 2.69. The first kappa shape index (κ1) is 20.2. The first-order valence-corrected chi connectivity index (χ1v) is 10.2. The summed E-state index contributed by atoms with van der Waals surface area (Å²) < 4.78 is 5.19. The molecule has 0 aliphatic rings. The Kier molecular flexibility index (Phi) is 6.90. The normalized spacial score (nSPS) is 11.1. The van der Waals surface area contributed by atoms with Gasteiger partial charge >= 0.3 is 0 Å². The van der Waals surface area contributed by atoms with Crippen molar-refractivity contribution in [2.45, 2.75) is 12.7 Å². The van der Waals surface area contributed by atoms with Crippen molar-refractivity contribution in [2.75, 3.05) is 12.9 Å². The van der Waals surface area contributed by atoms with Gasteiger partial charge < -0.3 is 4.74 Å². The van der Waals surface area contributed by atoms with Crippen LogP contribution in [0.3, 0.4) is 0 Å². The summed E-state index contributed by atoms with van der Waals surface area (Å²) in [5, 5.41) is 5.22. The Bertz CT molecular complexity index is 1020. The molecule has 0 aliphatic heterocycles. The summed E-state index contributed by atoms with van der Waals surface area (Å²) in [6.07, 6.45) is 1.50. The summed E-state index contributed by atoms with van der Waals surface area (Å²) in [7, 11) is 1.60. The molecule has 3 rings (SSSR count). The van der Waals surface area contributed by atoms with Gasteiger partial charge in [-0.2, -0.15) is 5.10 Å². The molecule has 0 aliphatic carbocycles. The van der Waals surface area contributed by atoms with Gasteiger partial charge in [0.05, 0.1) is 24.6 Å². The van der Waals surface area contributed by atoms with E-state index >= 15 is 0 Å². The molecule has 1 amide bonds. The fourth-order valence-electron chi connectivity index (χ4n) is 2.59. The van der Waals surface area contributed by atoms with Crippen molar-refractivity contribution in [3.8, 4) is 5.75 Å². The van der Waals surface area contributed by atoms with E-state index in [0.29, 0.717) is 22.2 Å². The Hall–Kier alpha value is -2.57. The molecular weight excluding hydrogens is 394 g/mol. The highest BCUT2D eigenvalue weighted by Crippen LogP contribution is 2.23. The molecule has 0 saturated carbocycles. The van der Waals surface area contributed by atoms with Gasteiger partial charge in [-0.3, -0.25) is 4.79 Å². The number of benzene rings is 2. The molecule has 0 bridgehead atoms. The third-order valence-corrected chi connectivity index (χ3v) is 5.43. The fraction of sp³-hybridized carbons (Fsp3) is 0.190. The molecule has 28 heavy (non-hydrogen) atoms. The Labute approximate surface area is 173 Å². The molecule has 0 unspecified atom stereocenters. The molecule has 1 N–H and O–H groups in total. The van der Waals surface area contributed by atoms with Crippen LogP contribution >= 0.6 is 23.4 Å². The number of amides is 1. The first-order chi connectivity index (χ1) is 13.6. The summed E-state index contributed by atoms with van der Waals surface area (Å²) in [6, 6.07) is 15.6. The summed E-state index contributed by atoms with van der Waals surface area (Å²) in [5.74, 6) is 1.67. The van der Waals surface area contributed by atoms with Crippen LogP contribution in [0.5, 0.6) is 5.75 Å². The number of fused-ring (bicyclic) bond motifs is 1. The maximum Gasteiger partial charge on any atom is 0.250 e. The van der Waals surface area contributed by atoms with Gasteiger partial charge in [-0.15, -0.1) is 11.8 Å². The van der Waals surface area contributed by atoms with Crippen LogP contribution < -0.4 is 10.2 Å². The molecule has 3 aromatic rings. The van der Waals surface area contributed by atoms with Gasteiger partial charge in [-0.05, 0) is 36.2 Å². The zero-order valence-corrected chi connectivity index (χ0v) is 17.2. The van der Waals surface area contributed by atoms with Gasteiger partial charge in [0, 0.05) is 22.8 Å². The molecule has 0 radical (unpaired) electrons. The van der Waals surface area contributed by atoms with E-state index in [-0.39, 0.29) is 5.91 Å². The van der Waals surface area contributed by atoms with E-state index in [1.54, 1.807) is 18.9 Å². The molecule has 0 atom stereocenters. The number of aromatic nitrogens is 1. The van der Waals surface area contributed by atoms with Gasteiger partial charge in [0.25, 0.3) is 0 Å². The van der Waals surface area contributed by atoms with Gasteiger partial charge in [0.15, 0.2) is 0 Å². The van der Waals surface area contributed by atoms with Crippen LogP contribution in [0, 0.1) is 6.92 Å². The number of rotatable bonds is 7. The van der Waals surface area contributed by atoms with Crippen LogP contribution in [-0.2, 0) is 10.5 Å². The number of methoxy groups -OCH3 is 1. The third-order valence-electron chi connectivity index (χ3n) is 4.15. The molecule has 0 saturated heterocycles. The molecule has 0 spiro atoms. The molecule has 7 heteroatoms. The maximum absolute atomic E-state index is 12.0. The lowest BCUT2D eigenvalue weighted by Crippen LogP contribution is -2.19. The molecular formula is C21H20ClN3O2S. The summed E-state index contributed by atoms with van der Waals surface area (Å²) in [6.45, 7) is 2.07. The number of carbonyl (C=O) groups excluding carboxylic acids is 1. The number of nitrogens with zero attached hydrogens (tertiary/aromatic N) is 2. The molecule has 1 heterocycles. The number of hydrazone groups is 1. The van der Waals surface area contributed by atoms with Gasteiger partial charge in [0.2, 0.25) is 5.91 Å². The van der Waals surface area contributed by atoms with Crippen molar-refractivity contribution in [3.05, 3.63) is 70.4 Å². The molecule has 0 fully saturated rings. The van der Waals surface area contributed by atoms with E-state index in [9.17, 15) is 4.79 Å². The van der Waals surface area contributed by atoms with E-state index in [4.69, 9.17) is 16.3 Å². The van der Waals surface area contributed by atoms with Gasteiger partial charge in [0.1, 0.15) is 10.9 Å². The molecule has 5 nitrogen and oxygen atoms in total. The number of carbonyl (C=O) groups is 1. The smallest absolute Gasteiger partial charge is 0.250 e. The van der Waals surface area contributed by atoms with Crippen LogP contribution in [0.2, 0.25) is 5.15 Å². The standard InChI is InChI=1S/C21H20ClN3O2S/c1-14-5-3-4-6-16(14)12-28-13-20(26)25-23-11-17-9-15-7-8-18(27-2)10-19(15)24-21(17)22/h3-11H,12-13H2,1-2H3,(H,25,26)/b23-11-. The first-order valence-electron chi connectivity index (χ1n) is 8.65. The number of hydrogen-bond donors (Lipinski definition) is 1. The monoisotopic (exact) mass is 413 g/mol. The minimum atomic E-state index is -0.163. The minimum absolute atomic E-state index is 0.163. The van der Waals surface area contributed by atoms with Crippen molar-refractivity contribution >= 4 is 46.4 Å². The van der Waals surface area contributed by atoms with Gasteiger partial charge in [-0.1, -0.05) is 35.9 Å². The lowest BCUT2D eigenvalue weighted by Gasteiger charge is -2.05. The zero-order valence-electron chi connectivity index (χ0n) is 15.6. The quantitative estimate of drug-likeness (QED) is 0.349. The van der Waals surface area contributed by atoms with Crippen LogP contribution in [0.25, 0.3) is 10.9 Å². The van der Waals surface area contributed by atoms with E-state index in [0.717, 1.165) is 16.7 Å². The van der Waals surface area contributed by atoms with Crippen molar-refractivity contribution in [1.29, 1.82) is 0 Å². The van der Waals surface area contributed by atoms with Crippen LogP contribution in [0.1, 0.15) is 16.7 Å². The SMILES string of the molecule is COc1ccc2cc(/C=N\NC(=O)CSCc3ccccc3C)c(Cl)nc2c1. The number of nitrogens with one attached hydrogen (secondary N) is 1. The van der Waals surface area contributed by atoms with Crippen molar-refractivity contribution < 1.29 is 9.53 Å². The van der Waals surface area contributed by atoms with Crippen LogP contribution in [-0.4, -0.2) is 30.0 Å². The predicted molar refractivity (Wildman–Crippen MR) is 116 cm³/mol. The van der Waals surface area contributed by atoms with Crippen molar-refractivity contribution in [1.82, 2.24) is 10.4 Å². The number of ether oxygens (including phenoxy) is 1. The minimum Gasteiger partial charge on any atom is -0.497 e. The van der Waals surface area contributed by atoms with Crippen molar-refractivity contribution in [2.24, 2.45) is 5.10 Å². The second kappa shape index (κ2) is 9.57. The highest BCUT2D eigenvalue weighted by molar-refractivity contribution is 7.99. The Balaban J connectivity index is 1.55. The Morgan fingerprint density at radius 3 is 2.89 bits per heavy atom. The van der Waals surface area contributed by atoms with E-state index in [1.165, 1.54) is 17.3 Å². The highest BCUT2D eigenvalue weighted by Gasteiger charge is 2.06. The summed E-state index contributed by atoms with van der Waals surface area (Å²) >= 11 is 7.77. The number of pyridine rings is 1. The number of thioether (sulfide) groups is 1. The Morgan fingerprint density at radius 1 is 1.29 bits per heavy atom. The predicted octanol–water partition coefficient (Wildman–Crippen LogP) is 4.59. The van der Waals surface area contributed by atoms with Crippen LogP contribution in [0.15, 0.2) is 53.6 Å². The largest absolute Gasteiger partial charge is 0.497 e. The summed E-state index contributed by atoms with van der Waals surface area (Å²) in [4.78, 5) is 16.3. The lowest BCUT2D eigenvalue weighted by molar-refractivity contribution is -0.118. The van der Waals surface area contributed by atoms with Crippen LogP contribution in [0.4, 0.5) is 0 Å². The van der Waals surface area contributed by atoms with E-state index in [2.05, 4.69) is 34.6 Å². The van der Waals surface area contributed by atoms with Crippen molar-refractivity contribution in [3.63, 3.8) is 0 Å². The van der Waals surface area contributed by atoms with Gasteiger partial charge in [-0.25, -0.2) is 10.4 Å². The number of aryl methyl sites for hydroxylation is 1. The third kappa shape index (κ3) is 5.24. The van der Waals surface area contributed by atoms with E-state index < -0.39 is 0 Å². The van der Waals surface area contributed by atoms with E-state index in [1.807, 2.05) is 36.4 Å². The number of halogens is 1. The highest BCUT2D eigenvalue weighted by atomic mass is 35.5. The molecule has 2 aromatic carbocycles. The molecule has 144 valence electrons. The fourth-order valence-corrected chi connectivity index (χ4v) is 3.68. The second-order valence-corrected chi connectivity index (χ2v) is 7.48. The number of hydrogen-bond acceptors (Lipinski definition) is 5. The average molecular weight is 414 g/mol. The lowest BCUT2D eigenvalue weighted by atomic mass is 10.1. The molecule has 1 aromatic heterocycles.